The van der Waals surface area contributed by atoms with Crippen LogP contribution in [0, 0.1) is 17.3 Å². The monoisotopic (exact) mass is 528 g/mol. The minimum Gasteiger partial charge on any atom is -0.497 e. The number of aliphatic hydroxyl groups excluding tert-OH is 1. The van der Waals surface area contributed by atoms with Crippen molar-refractivity contribution in [1.82, 2.24) is 9.80 Å². The van der Waals surface area contributed by atoms with E-state index in [1.807, 2.05) is 4.90 Å². The minimum absolute atomic E-state index is 0.00354. The van der Waals surface area contributed by atoms with Crippen molar-refractivity contribution < 1.29 is 19.4 Å². The van der Waals surface area contributed by atoms with Gasteiger partial charge in [0.2, 0.25) is 3.79 Å². The first-order valence-corrected chi connectivity index (χ1v) is 13.4. The second-order valence-electron chi connectivity index (χ2n) is 10.8. The van der Waals surface area contributed by atoms with Crippen molar-refractivity contribution in [3.63, 3.8) is 0 Å². The van der Waals surface area contributed by atoms with Crippen molar-refractivity contribution in [3.8, 4) is 5.75 Å². The third-order valence-electron chi connectivity index (χ3n) is 9.79. The lowest BCUT2D eigenvalue weighted by Gasteiger charge is -2.66. The number of amides is 1. The molecule has 6 atom stereocenters. The van der Waals surface area contributed by atoms with Crippen LogP contribution in [0.5, 0.6) is 5.75 Å². The van der Waals surface area contributed by atoms with E-state index in [9.17, 15) is 9.90 Å². The normalized spacial score (nSPS) is 37.9. The van der Waals surface area contributed by atoms with E-state index in [1.54, 1.807) is 7.11 Å². The zero-order valence-corrected chi connectivity index (χ0v) is 21.6. The Kier molecular flexibility index (Phi) is 5.55. The van der Waals surface area contributed by atoms with E-state index in [1.165, 1.54) is 11.1 Å². The van der Waals surface area contributed by atoms with Crippen molar-refractivity contribution in [2.45, 2.75) is 53.4 Å². The van der Waals surface area contributed by atoms with Gasteiger partial charge in [-0.1, -0.05) is 40.9 Å². The molecule has 6 nitrogen and oxygen atoms in total. The Morgan fingerprint density at radius 3 is 2.85 bits per heavy atom. The summed E-state index contributed by atoms with van der Waals surface area (Å²) >= 11 is 17.5. The summed E-state index contributed by atoms with van der Waals surface area (Å²) in [6.45, 7) is 2.33. The van der Waals surface area contributed by atoms with Crippen LogP contribution in [-0.2, 0) is 16.6 Å². The van der Waals surface area contributed by atoms with Crippen molar-refractivity contribution >= 4 is 40.9 Å². The highest BCUT2D eigenvalue weighted by Crippen LogP contribution is 2.75. The molecule has 186 valence electrons. The second kappa shape index (κ2) is 8.04. The lowest BCUT2D eigenvalue weighted by atomic mass is 9.43. The maximum absolute atomic E-state index is 13.1. The molecule has 0 spiro atoms. The Hall–Kier alpha value is -0.920. The molecule has 1 amide bonds. The van der Waals surface area contributed by atoms with E-state index in [2.05, 4.69) is 23.1 Å². The third-order valence-corrected chi connectivity index (χ3v) is 10.1. The molecule has 2 saturated heterocycles. The molecule has 1 aromatic carbocycles. The van der Waals surface area contributed by atoms with E-state index in [-0.39, 0.29) is 36.2 Å². The maximum Gasteiger partial charge on any atom is 0.410 e. The first kappa shape index (κ1) is 23.5. The average molecular weight is 530 g/mol. The Balaban J connectivity index is 1.42. The summed E-state index contributed by atoms with van der Waals surface area (Å²) in [6.07, 6.45) is 4.83. The van der Waals surface area contributed by atoms with Crippen molar-refractivity contribution in [3.05, 3.63) is 29.3 Å². The van der Waals surface area contributed by atoms with E-state index in [0.29, 0.717) is 24.4 Å². The molecule has 2 heterocycles. The van der Waals surface area contributed by atoms with Crippen LogP contribution in [0.1, 0.15) is 36.8 Å². The topological polar surface area (TPSA) is 62.2 Å². The molecule has 0 radical (unpaired) electrons. The van der Waals surface area contributed by atoms with Gasteiger partial charge in [-0.3, -0.25) is 4.90 Å². The van der Waals surface area contributed by atoms with Gasteiger partial charge in [-0.25, -0.2) is 4.79 Å². The molecule has 34 heavy (non-hydrogen) atoms. The standard InChI is InChI=1S/C25H31Cl3N2O4/c1-33-17-3-2-15-10-20-23-5-4-19-21(24(23,18(15)11-17)6-7-29(20)8-9-31)16(12-23)13-30(19)22(32)34-14-25(26,27)28/h2-3,11,16,19-21,31H,4-10,12-14H2,1H3/t16-,19?,20-,21?,23-,24+/m1/s1. The molecule has 2 saturated carbocycles. The number of hydrogen-bond donors (Lipinski definition) is 1. The number of hydrogen-bond acceptors (Lipinski definition) is 5. The Bertz CT molecular complexity index is 1000. The van der Waals surface area contributed by atoms with E-state index >= 15 is 0 Å². The summed E-state index contributed by atoms with van der Waals surface area (Å²) in [7, 11) is 1.73. The number of ether oxygens (including phenoxy) is 2. The highest BCUT2D eigenvalue weighted by atomic mass is 35.6. The number of fused-ring (bicyclic) bond motifs is 1. The summed E-state index contributed by atoms with van der Waals surface area (Å²) in [4.78, 5) is 17.6. The van der Waals surface area contributed by atoms with E-state index < -0.39 is 3.79 Å². The summed E-state index contributed by atoms with van der Waals surface area (Å²) < 4.78 is 9.49. The largest absolute Gasteiger partial charge is 0.497 e. The van der Waals surface area contributed by atoms with Crippen LogP contribution >= 0.6 is 34.8 Å². The number of alkyl halides is 3. The molecule has 3 aliphatic carbocycles. The Morgan fingerprint density at radius 2 is 2.12 bits per heavy atom. The quantitative estimate of drug-likeness (QED) is 0.594. The minimum atomic E-state index is -1.61. The molecule has 9 heteroatoms. The van der Waals surface area contributed by atoms with E-state index in [4.69, 9.17) is 44.3 Å². The van der Waals surface area contributed by atoms with Gasteiger partial charge in [-0.15, -0.1) is 0 Å². The maximum atomic E-state index is 13.1. The van der Waals surface area contributed by atoms with Crippen LogP contribution in [0.2, 0.25) is 0 Å². The molecule has 1 aromatic rings. The van der Waals surface area contributed by atoms with Gasteiger partial charge in [0.25, 0.3) is 0 Å². The Morgan fingerprint density at radius 1 is 1.29 bits per heavy atom. The summed E-state index contributed by atoms with van der Waals surface area (Å²) in [5, 5.41) is 9.80. The van der Waals surface area contributed by atoms with Crippen molar-refractivity contribution in [2.75, 3.05) is 40.0 Å². The number of rotatable bonds is 4. The fourth-order valence-corrected chi connectivity index (χ4v) is 9.21. The highest BCUT2D eigenvalue weighted by molar-refractivity contribution is 6.67. The summed E-state index contributed by atoms with van der Waals surface area (Å²) in [6, 6.07) is 7.13. The zero-order valence-electron chi connectivity index (χ0n) is 19.3. The number of nitrogens with zero attached hydrogens (tertiary/aromatic N) is 2. The third kappa shape index (κ3) is 3.11. The van der Waals surface area contributed by atoms with Gasteiger partial charge in [0.1, 0.15) is 12.4 Å². The molecule has 4 bridgehead atoms. The van der Waals surface area contributed by atoms with Gasteiger partial charge in [-0.05, 0) is 79.2 Å². The first-order valence-electron chi connectivity index (χ1n) is 12.3. The predicted octanol–water partition coefficient (Wildman–Crippen LogP) is 4.16. The summed E-state index contributed by atoms with van der Waals surface area (Å²) in [5.41, 5.74) is 2.99. The molecular weight excluding hydrogens is 499 g/mol. The summed E-state index contributed by atoms with van der Waals surface area (Å²) in [5.74, 6) is 1.70. The van der Waals surface area contributed by atoms with Crippen molar-refractivity contribution in [1.29, 1.82) is 0 Å². The Labute approximate surface area is 215 Å². The van der Waals surface area contributed by atoms with Crippen LogP contribution in [-0.4, -0.2) is 76.8 Å². The number of piperidine rings is 1. The van der Waals surface area contributed by atoms with Gasteiger partial charge in [0.05, 0.1) is 13.7 Å². The van der Waals surface area contributed by atoms with Crippen LogP contribution in [0.3, 0.4) is 0 Å². The lowest BCUT2D eigenvalue weighted by Crippen LogP contribution is -2.70. The van der Waals surface area contributed by atoms with Crippen LogP contribution in [0.15, 0.2) is 18.2 Å². The van der Waals surface area contributed by atoms with Gasteiger partial charge in [0.15, 0.2) is 0 Å². The number of carbonyl (C=O) groups excluding carboxylic acids is 1. The molecule has 4 fully saturated rings. The fourth-order valence-electron chi connectivity index (χ4n) is 9.04. The number of aliphatic hydroxyl groups is 1. The lowest BCUT2D eigenvalue weighted by molar-refractivity contribution is -0.104. The number of benzene rings is 1. The van der Waals surface area contributed by atoms with Crippen molar-refractivity contribution in [2.24, 2.45) is 17.3 Å². The first-order chi connectivity index (χ1) is 16.2. The number of halogens is 3. The molecule has 0 aromatic heterocycles. The predicted molar refractivity (Wildman–Crippen MR) is 131 cm³/mol. The number of methoxy groups -OCH3 is 1. The van der Waals surface area contributed by atoms with Crippen LogP contribution in [0.25, 0.3) is 0 Å². The van der Waals surface area contributed by atoms with E-state index in [0.717, 1.165) is 50.9 Å². The second-order valence-corrected chi connectivity index (χ2v) is 13.3. The van der Waals surface area contributed by atoms with Gasteiger partial charge < -0.3 is 19.5 Å². The van der Waals surface area contributed by atoms with Crippen LogP contribution < -0.4 is 4.74 Å². The molecule has 5 aliphatic rings. The SMILES string of the molecule is COc1ccc2c(c1)[C@]13CCN(CCO)[C@H](C2)[C@]12CCC1C3[C@@H](CN1C(=O)OCC(Cl)(Cl)Cl)C2. The van der Waals surface area contributed by atoms with Gasteiger partial charge in [-0.2, -0.15) is 0 Å². The molecule has 1 N–H and O–H groups in total. The number of β-amino-alcohol motifs (C(OH)–C–C–N with tert-alkyl or cyclic N) is 1. The zero-order chi connectivity index (χ0) is 23.9. The highest BCUT2D eigenvalue weighted by Gasteiger charge is 2.76. The van der Waals surface area contributed by atoms with Gasteiger partial charge in [0, 0.05) is 30.6 Å². The smallest absolute Gasteiger partial charge is 0.410 e. The molecule has 2 aliphatic heterocycles. The fraction of sp³-hybridized carbons (Fsp3) is 0.720. The molecule has 2 unspecified atom stereocenters. The average Bonchev–Trinajstić information content (AvgIpc) is 3.25. The molecule has 6 rings (SSSR count). The van der Waals surface area contributed by atoms with Gasteiger partial charge >= 0.3 is 6.09 Å². The number of carbonyl (C=O) groups is 1. The van der Waals surface area contributed by atoms with Crippen LogP contribution in [0.4, 0.5) is 4.79 Å². The number of likely N-dealkylation sites (tertiary alicyclic amines) is 2. The molecular formula is C25H31Cl3N2O4.